The van der Waals surface area contributed by atoms with Crippen molar-refractivity contribution in [2.75, 3.05) is 0 Å². The molecule has 2 aromatic heterocycles. The Kier molecular flexibility index (Phi) is 4.60. The quantitative estimate of drug-likeness (QED) is 0.539. The van der Waals surface area contributed by atoms with E-state index in [9.17, 15) is 4.79 Å². The molecule has 3 heterocycles. The van der Waals surface area contributed by atoms with Gasteiger partial charge in [0.15, 0.2) is 0 Å². The zero-order valence-corrected chi connectivity index (χ0v) is 16.4. The zero-order valence-electron chi connectivity index (χ0n) is 15.6. The van der Waals surface area contributed by atoms with E-state index in [1.165, 1.54) is 0 Å². The molecular weight excluding hydrogens is 388 g/mol. The van der Waals surface area contributed by atoms with E-state index in [1.807, 2.05) is 30.3 Å². The van der Waals surface area contributed by atoms with Crippen molar-refractivity contribution in [1.29, 1.82) is 0 Å². The Bertz CT molecular complexity index is 1080. The van der Waals surface area contributed by atoms with Crippen molar-refractivity contribution in [2.45, 2.75) is 25.3 Å². The number of fused-ring (bicyclic) bond motifs is 1. The summed E-state index contributed by atoms with van der Waals surface area (Å²) in [6.45, 7) is 0. The maximum absolute atomic E-state index is 13.4. The summed E-state index contributed by atoms with van der Waals surface area (Å²) in [6, 6.07) is 14.2. The number of rotatable bonds is 3. The van der Waals surface area contributed by atoms with E-state index in [-0.39, 0.29) is 17.9 Å². The molecule has 1 aliphatic carbocycles. The fourth-order valence-electron chi connectivity index (χ4n) is 4.20. The van der Waals surface area contributed by atoms with Gasteiger partial charge in [-0.1, -0.05) is 17.7 Å². The van der Waals surface area contributed by atoms with E-state index in [4.69, 9.17) is 25.5 Å². The molecule has 0 spiro atoms. The fourth-order valence-corrected chi connectivity index (χ4v) is 4.40. The van der Waals surface area contributed by atoms with Gasteiger partial charge in [-0.25, -0.2) is 5.01 Å². The van der Waals surface area contributed by atoms with Gasteiger partial charge in [0.25, 0.3) is 5.91 Å². The van der Waals surface area contributed by atoms with Crippen molar-refractivity contribution < 1.29 is 13.6 Å². The molecule has 1 amide bonds. The Morgan fingerprint density at radius 3 is 2.76 bits per heavy atom. The molecule has 0 bridgehead atoms. The van der Waals surface area contributed by atoms with Crippen LogP contribution in [0.5, 0.6) is 0 Å². The number of carbonyl (C=O) groups excluding carboxylic acids is 1. The molecule has 0 N–H and O–H groups in total. The average molecular weight is 407 g/mol. The molecule has 0 unspecified atom stereocenters. The van der Waals surface area contributed by atoms with E-state index in [0.717, 1.165) is 42.1 Å². The summed E-state index contributed by atoms with van der Waals surface area (Å²) in [4.78, 5) is 13.4. The van der Waals surface area contributed by atoms with Gasteiger partial charge in [-0.05, 0) is 73.4 Å². The summed E-state index contributed by atoms with van der Waals surface area (Å²) in [7, 11) is 0. The first kappa shape index (κ1) is 18.0. The number of halogens is 1. The first-order valence-corrected chi connectivity index (χ1v) is 10.0. The number of amides is 1. The second-order valence-electron chi connectivity index (χ2n) is 7.29. The Balaban J connectivity index is 1.57. The SMILES string of the molecule is O=C(c1cccc(Cl)c1)N1N=C2/C(=C\c3ccco3)CCC[C@H]2[C@H]1c1ccco1. The number of hydrogen-bond donors (Lipinski definition) is 0. The van der Waals surface area contributed by atoms with Gasteiger partial charge in [0.2, 0.25) is 0 Å². The lowest BCUT2D eigenvalue weighted by Gasteiger charge is -2.27. The molecule has 1 aromatic carbocycles. The number of allylic oxidation sites excluding steroid dienone is 1. The van der Waals surface area contributed by atoms with Crippen LogP contribution in [-0.4, -0.2) is 16.6 Å². The Morgan fingerprint density at radius 2 is 2.00 bits per heavy atom. The fraction of sp³-hybridized carbons (Fsp3) is 0.217. The molecule has 1 fully saturated rings. The van der Waals surface area contributed by atoms with Crippen LogP contribution < -0.4 is 0 Å². The van der Waals surface area contributed by atoms with Gasteiger partial charge < -0.3 is 8.83 Å². The lowest BCUT2D eigenvalue weighted by Crippen LogP contribution is -2.31. The number of carbonyl (C=O) groups is 1. The third kappa shape index (κ3) is 3.32. The third-order valence-corrected chi connectivity index (χ3v) is 5.71. The number of hydrogen-bond acceptors (Lipinski definition) is 4. The highest BCUT2D eigenvalue weighted by atomic mass is 35.5. The molecule has 3 aromatic rings. The summed E-state index contributed by atoms with van der Waals surface area (Å²) < 4.78 is 11.2. The van der Waals surface area contributed by atoms with Crippen molar-refractivity contribution in [3.05, 3.63) is 88.7 Å². The second-order valence-corrected chi connectivity index (χ2v) is 7.73. The van der Waals surface area contributed by atoms with Crippen molar-refractivity contribution in [3.8, 4) is 0 Å². The number of hydrazone groups is 1. The van der Waals surface area contributed by atoms with Crippen LogP contribution in [0.3, 0.4) is 0 Å². The maximum Gasteiger partial charge on any atom is 0.274 e. The van der Waals surface area contributed by atoms with Crippen LogP contribution in [0.1, 0.15) is 47.2 Å². The van der Waals surface area contributed by atoms with Crippen molar-refractivity contribution in [1.82, 2.24) is 5.01 Å². The minimum absolute atomic E-state index is 0.0826. The summed E-state index contributed by atoms with van der Waals surface area (Å²) in [5.41, 5.74) is 2.55. The standard InChI is InChI=1S/C23H19ClN2O3/c24-17-7-1-6-16(13-17)23(27)26-22(20-10-4-12-29-20)19-9-2-5-15(21(19)25-26)14-18-8-3-11-28-18/h1,3-4,6-8,10-14,19,22H,2,5,9H2/b15-14-/t19-,22+/m1/s1. The van der Waals surface area contributed by atoms with Crippen molar-refractivity contribution in [3.63, 3.8) is 0 Å². The van der Waals surface area contributed by atoms with Crippen LogP contribution in [0.4, 0.5) is 0 Å². The van der Waals surface area contributed by atoms with Gasteiger partial charge in [-0.15, -0.1) is 0 Å². The maximum atomic E-state index is 13.4. The van der Waals surface area contributed by atoms with Crippen LogP contribution in [0.15, 0.2) is 80.6 Å². The largest absolute Gasteiger partial charge is 0.467 e. The topological polar surface area (TPSA) is 59.0 Å². The first-order valence-electron chi connectivity index (χ1n) is 9.66. The van der Waals surface area contributed by atoms with Gasteiger partial charge in [0.05, 0.1) is 18.2 Å². The van der Waals surface area contributed by atoms with E-state index in [1.54, 1.807) is 41.8 Å². The zero-order chi connectivity index (χ0) is 19.8. The molecule has 29 heavy (non-hydrogen) atoms. The molecule has 6 heteroatoms. The molecule has 146 valence electrons. The normalized spacial score (nSPS) is 22.6. The van der Waals surface area contributed by atoms with Gasteiger partial charge in [0.1, 0.15) is 17.6 Å². The monoisotopic (exact) mass is 406 g/mol. The molecule has 5 nitrogen and oxygen atoms in total. The van der Waals surface area contributed by atoms with Gasteiger partial charge in [0, 0.05) is 16.5 Å². The molecule has 1 aliphatic heterocycles. The molecule has 0 radical (unpaired) electrons. The lowest BCUT2D eigenvalue weighted by molar-refractivity contribution is 0.0656. The lowest BCUT2D eigenvalue weighted by atomic mass is 9.79. The molecule has 0 saturated heterocycles. The number of nitrogens with zero attached hydrogens (tertiary/aromatic N) is 2. The molecule has 2 atom stereocenters. The highest BCUT2D eigenvalue weighted by molar-refractivity contribution is 6.31. The first-order chi connectivity index (χ1) is 14.2. The van der Waals surface area contributed by atoms with Crippen LogP contribution in [0.2, 0.25) is 5.02 Å². The minimum atomic E-state index is -0.271. The summed E-state index contributed by atoms with van der Waals surface area (Å²) in [6.07, 6.45) is 8.19. The number of benzene rings is 1. The Morgan fingerprint density at radius 1 is 1.14 bits per heavy atom. The smallest absolute Gasteiger partial charge is 0.274 e. The second kappa shape index (κ2) is 7.41. The third-order valence-electron chi connectivity index (χ3n) is 5.48. The van der Waals surface area contributed by atoms with Crippen LogP contribution in [-0.2, 0) is 0 Å². The van der Waals surface area contributed by atoms with Gasteiger partial charge >= 0.3 is 0 Å². The van der Waals surface area contributed by atoms with Gasteiger partial charge in [-0.2, -0.15) is 5.10 Å². The van der Waals surface area contributed by atoms with Crippen molar-refractivity contribution >= 4 is 29.3 Å². The Hall–Kier alpha value is -3.05. The van der Waals surface area contributed by atoms with Gasteiger partial charge in [-0.3, -0.25) is 4.79 Å². The molecule has 1 saturated carbocycles. The van der Waals surface area contributed by atoms with E-state index < -0.39 is 0 Å². The van der Waals surface area contributed by atoms with E-state index in [0.29, 0.717) is 10.6 Å². The summed E-state index contributed by atoms with van der Waals surface area (Å²) in [5, 5.41) is 6.89. The van der Waals surface area contributed by atoms with Crippen LogP contribution in [0.25, 0.3) is 6.08 Å². The van der Waals surface area contributed by atoms with Crippen LogP contribution in [0, 0.1) is 5.92 Å². The highest BCUT2D eigenvalue weighted by Gasteiger charge is 2.45. The Labute approximate surface area is 173 Å². The summed E-state index contributed by atoms with van der Waals surface area (Å²) >= 11 is 6.11. The van der Waals surface area contributed by atoms with E-state index in [2.05, 4.69) is 0 Å². The van der Waals surface area contributed by atoms with Crippen molar-refractivity contribution in [2.24, 2.45) is 11.0 Å². The number of furan rings is 2. The van der Waals surface area contributed by atoms with E-state index >= 15 is 0 Å². The molecule has 2 aliphatic rings. The van der Waals surface area contributed by atoms with Crippen LogP contribution >= 0.6 is 11.6 Å². The predicted molar refractivity (Wildman–Crippen MR) is 111 cm³/mol. The minimum Gasteiger partial charge on any atom is -0.467 e. The molecule has 5 rings (SSSR count). The molecular formula is C23H19ClN2O3. The highest BCUT2D eigenvalue weighted by Crippen LogP contribution is 2.45. The average Bonchev–Trinajstić information content (AvgIpc) is 3.48. The summed E-state index contributed by atoms with van der Waals surface area (Å²) in [5.74, 6) is 1.42. The predicted octanol–water partition coefficient (Wildman–Crippen LogP) is 5.96.